The summed E-state index contributed by atoms with van der Waals surface area (Å²) in [6.45, 7) is 0.136. The fourth-order valence-corrected chi connectivity index (χ4v) is 2.45. The SMILES string of the molecule is O=C(NC[C@H]1CC[C@@H](C(=O)O)O1)c1c(F)cncc1Br. The first-order valence-corrected chi connectivity index (χ1v) is 6.73. The number of carboxylic acid groups (broad SMARTS) is 1. The van der Waals surface area contributed by atoms with Crippen LogP contribution in [0.15, 0.2) is 16.9 Å². The summed E-state index contributed by atoms with van der Waals surface area (Å²) in [7, 11) is 0. The molecule has 2 atom stereocenters. The number of halogens is 2. The fraction of sp³-hybridized carbons (Fsp3) is 0.417. The van der Waals surface area contributed by atoms with Crippen molar-refractivity contribution in [2.24, 2.45) is 0 Å². The Balaban J connectivity index is 1.92. The van der Waals surface area contributed by atoms with Gasteiger partial charge in [0.1, 0.15) is 0 Å². The van der Waals surface area contributed by atoms with Crippen LogP contribution in [0.2, 0.25) is 0 Å². The van der Waals surface area contributed by atoms with Crippen LogP contribution in [-0.2, 0) is 9.53 Å². The van der Waals surface area contributed by atoms with E-state index in [1.54, 1.807) is 0 Å². The number of nitrogens with zero attached hydrogens (tertiary/aromatic N) is 1. The highest BCUT2D eigenvalue weighted by Gasteiger charge is 2.30. The predicted octanol–water partition coefficient (Wildman–Crippen LogP) is 1.35. The molecule has 0 aliphatic carbocycles. The molecule has 1 aliphatic rings. The zero-order chi connectivity index (χ0) is 14.7. The first-order chi connectivity index (χ1) is 9.49. The molecule has 1 fully saturated rings. The van der Waals surface area contributed by atoms with Crippen LogP contribution >= 0.6 is 15.9 Å². The van der Waals surface area contributed by atoms with Crippen LogP contribution in [0.3, 0.4) is 0 Å². The number of carbonyl (C=O) groups is 2. The Morgan fingerprint density at radius 3 is 2.85 bits per heavy atom. The molecule has 2 N–H and O–H groups in total. The number of nitrogens with one attached hydrogen (secondary N) is 1. The third kappa shape index (κ3) is 3.31. The Bertz CT molecular complexity index is 520. The van der Waals surface area contributed by atoms with Gasteiger partial charge in [-0.2, -0.15) is 0 Å². The van der Waals surface area contributed by atoms with Gasteiger partial charge in [-0.05, 0) is 28.8 Å². The number of hydrogen-bond acceptors (Lipinski definition) is 4. The highest BCUT2D eigenvalue weighted by molar-refractivity contribution is 9.10. The standard InChI is InChI=1S/C12H12BrFN2O4/c13-7-4-15-5-8(14)10(7)11(17)16-3-6-1-2-9(20-6)12(18)19/h4-6,9H,1-3H2,(H,16,17)(H,18,19)/t6-,9+/m1/s1. The van der Waals surface area contributed by atoms with Gasteiger partial charge in [0.2, 0.25) is 0 Å². The molecule has 2 heterocycles. The van der Waals surface area contributed by atoms with E-state index in [1.165, 1.54) is 6.20 Å². The number of aromatic nitrogens is 1. The molecule has 1 amide bonds. The van der Waals surface area contributed by atoms with Gasteiger partial charge >= 0.3 is 5.97 Å². The summed E-state index contributed by atoms with van der Waals surface area (Å²) in [5, 5.41) is 11.3. The highest BCUT2D eigenvalue weighted by Crippen LogP contribution is 2.20. The van der Waals surface area contributed by atoms with Crippen LogP contribution in [0.25, 0.3) is 0 Å². The molecule has 0 spiro atoms. The van der Waals surface area contributed by atoms with E-state index in [9.17, 15) is 14.0 Å². The van der Waals surface area contributed by atoms with Crippen LogP contribution < -0.4 is 5.32 Å². The third-order valence-corrected chi connectivity index (χ3v) is 3.56. The van der Waals surface area contributed by atoms with Crippen molar-refractivity contribution in [1.29, 1.82) is 0 Å². The molecule has 0 unspecified atom stereocenters. The average molecular weight is 347 g/mol. The number of carbonyl (C=O) groups excluding carboxylic acids is 1. The molecule has 0 aromatic carbocycles. The molecule has 8 heteroatoms. The maximum Gasteiger partial charge on any atom is 0.332 e. The van der Waals surface area contributed by atoms with E-state index in [1.807, 2.05) is 0 Å². The lowest BCUT2D eigenvalue weighted by Gasteiger charge is -2.13. The summed E-state index contributed by atoms with van der Waals surface area (Å²) < 4.78 is 19.0. The van der Waals surface area contributed by atoms with E-state index < -0.39 is 23.8 Å². The summed E-state index contributed by atoms with van der Waals surface area (Å²) in [5.74, 6) is -2.34. The van der Waals surface area contributed by atoms with Crippen molar-refractivity contribution in [3.63, 3.8) is 0 Å². The van der Waals surface area contributed by atoms with Gasteiger partial charge in [0, 0.05) is 12.7 Å². The number of carboxylic acids is 1. The molecule has 0 saturated carbocycles. The van der Waals surface area contributed by atoms with Gasteiger partial charge in [-0.25, -0.2) is 9.18 Å². The van der Waals surface area contributed by atoms with Crippen molar-refractivity contribution >= 4 is 27.8 Å². The van der Waals surface area contributed by atoms with Crippen molar-refractivity contribution in [2.45, 2.75) is 25.0 Å². The van der Waals surface area contributed by atoms with E-state index in [-0.39, 0.29) is 22.7 Å². The summed E-state index contributed by atoms with van der Waals surface area (Å²) in [6.07, 6.45) is 2.02. The molecule has 6 nitrogen and oxygen atoms in total. The Morgan fingerprint density at radius 1 is 1.50 bits per heavy atom. The van der Waals surface area contributed by atoms with Crippen LogP contribution in [-0.4, -0.2) is 40.7 Å². The van der Waals surface area contributed by atoms with E-state index in [0.29, 0.717) is 12.8 Å². The fourth-order valence-electron chi connectivity index (χ4n) is 1.96. The maximum absolute atomic E-state index is 13.5. The minimum absolute atomic E-state index is 0.132. The molecule has 20 heavy (non-hydrogen) atoms. The lowest BCUT2D eigenvalue weighted by atomic mass is 10.2. The van der Waals surface area contributed by atoms with Gasteiger partial charge in [0.25, 0.3) is 5.91 Å². The van der Waals surface area contributed by atoms with E-state index in [2.05, 4.69) is 26.2 Å². The van der Waals surface area contributed by atoms with Gasteiger partial charge in [-0.3, -0.25) is 9.78 Å². The monoisotopic (exact) mass is 346 g/mol. The topological polar surface area (TPSA) is 88.5 Å². The molecular weight excluding hydrogens is 335 g/mol. The smallest absolute Gasteiger partial charge is 0.332 e. The summed E-state index contributed by atoms with van der Waals surface area (Å²) in [4.78, 5) is 26.2. The first-order valence-electron chi connectivity index (χ1n) is 5.94. The molecule has 1 saturated heterocycles. The second-order valence-corrected chi connectivity index (χ2v) is 5.20. The van der Waals surface area contributed by atoms with E-state index >= 15 is 0 Å². The first kappa shape index (κ1) is 14.9. The predicted molar refractivity (Wildman–Crippen MR) is 69.8 cm³/mol. The zero-order valence-corrected chi connectivity index (χ0v) is 11.9. The number of amides is 1. The molecule has 108 valence electrons. The molecule has 1 aromatic rings. The molecule has 1 aliphatic heterocycles. The van der Waals surface area contributed by atoms with Gasteiger partial charge in [-0.1, -0.05) is 0 Å². The molecule has 0 bridgehead atoms. The average Bonchev–Trinajstić information content (AvgIpc) is 2.85. The Labute approximate surface area is 122 Å². The number of pyridine rings is 1. The molecule has 0 radical (unpaired) electrons. The number of ether oxygens (including phenoxy) is 1. The molecule has 1 aromatic heterocycles. The third-order valence-electron chi connectivity index (χ3n) is 2.95. The number of rotatable bonds is 4. The zero-order valence-electron chi connectivity index (χ0n) is 10.3. The summed E-state index contributed by atoms with van der Waals surface area (Å²) in [5.41, 5.74) is -0.132. The number of hydrogen-bond donors (Lipinski definition) is 2. The second-order valence-electron chi connectivity index (χ2n) is 4.35. The van der Waals surface area contributed by atoms with E-state index in [0.717, 1.165) is 6.20 Å². The van der Waals surface area contributed by atoms with Crippen molar-refractivity contribution in [3.8, 4) is 0 Å². The maximum atomic E-state index is 13.5. The Morgan fingerprint density at radius 2 is 2.25 bits per heavy atom. The normalized spacial score (nSPS) is 21.7. The van der Waals surface area contributed by atoms with Gasteiger partial charge in [-0.15, -0.1) is 0 Å². The van der Waals surface area contributed by atoms with Crippen molar-refractivity contribution in [3.05, 3.63) is 28.2 Å². The lowest BCUT2D eigenvalue weighted by molar-refractivity contribution is -0.149. The Hall–Kier alpha value is -1.54. The van der Waals surface area contributed by atoms with Gasteiger partial charge in [0.15, 0.2) is 11.9 Å². The van der Waals surface area contributed by atoms with Crippen LogP contribution in [0.1, 0.15) is 23.2 Å². The highest BCUT2D eigenvalue weighted by atomic mass is 79.9. The quantitative estimate of drug-likeness (QED) is 0.858. The minimum Gasteiger partial charge on any atom is -0.479 e. The van der Waals surface area contributed by atoms with Gasteiger partial charge < -0.3 is 15.2 Å². The van der Waals surface area contributed by atoms with Crippen LogP contribution in [0.5, 0.6) is 0 Å². The van der Waals surface area contributed by atoms with Gasteiger partial charge in [0.05, 0.1) is 22.3 Å². The Kier molecular flexibility index (Phi) is 4.66. The number of aliphatic carboxylic acids is 1. The second kappa shape index (κ2) is 6.27. The largest absolute Gasteiger partial charge is 0.479 e. The van der Waals surface area contributed by atoms with Crippen molar-refractivity contribution in [2.75, 3.05) is 6.54 Å². The lowest BCUT2D eigenvalue weighted by Crippen LogP contribution is -2.33. The summed E-state index contributed by atoms with van der Waals surface area (Å²) in [6, 6.07) is 0. The minimum atomic E-state index is -1.01. The molecule has 2 rings (SSSR count). The van der Waals surface area contributed by atoms with Crippen molar-refractivity contribution in [1.82, 2.24) is 10.3 Å². The molecular formula is C12H12BrFN2O4. The summed E-state index contributed by atoms with van der Waals surface area (Å²) >= 11 is 3.06. The van der Waals surface area contributed by atoms with Crippen LogP contribution in [0.4, 0.5) is 4.39 Å². The van der Waals surface area contributed by atoms with E-state index in [4.69, 9.17) is 9.84 Å². The van der Waals surface area contributed by atoms with Crippen molar-refractivity contribution < 1.29 is 23.8 Å². The van der Waals surface area contributed by atoms with Crippen LogP contribution in [0, 0.1) is 5.82 Å².